The molecule has 1 saturated carbocycles. The number of nitrogens with zero attached hydrogens (tertiary/aromatic N) is 4. The van der Waals surface area contributed by atoms with Gasteiger partial charge in [0.05, 0.1) is 5.69 Å². The van der Waals surface area contributed by atoms with Crippen LogP contribution in [0.25, 0.3) is 5.69 Å². The van der Waals surface area contributed by atoms with Crippen molar-refractivity contribution >= 4 is 0 Å². The highest BCUT2D eigenvalue weighted by Crippen LogP contribution is 2.41. The van der Waals surface area contributed by atoms with Gasteiger partial charge >= 0.3 is 0 Å². The lowest BCUT2D eigenvalue weighted by Gasteiger charge is -2.41. The lowest BCUT2D eigenvalue weighted by molar-refractivity contribution is 0.226. The molecule has 3 atom stereocenters. The quantitative estimate of drug-likeness (QED) is 0.837. The molecule has 0 spiro atoms. The highest BCUT2D eigenvalue weighted by molar-refractivity contribution is 5.37. The maximum Gasteiger partial charge on any atom is 0.143 e. The van der Waals surface area contributed by atoms with E-state index >= 15 is 0 Å². The van der Waals surface area contributed by atoms with E-state index in [9.17, 15) is 0 Å². The molecule has 88 valence electrons. The Kier molecular flexibility index (Phi) is 2.40. The first-order valence-electron chi connectivity index (χ1n) is 5.84. The van der Waals surface area contributed by atoms with E-state index < -0.39 is 0 Å². The predicted octanol–water partition coefficient (Wildman–Crippen LogP) is 1.11. The molecule has 1 aliphatic carbocycles. The molecule has 1 heterocycles. The summed E-state index contributed by atoms with van der Waals surface area (Å²) in [7, 11) is 0. The second-order valence-corrected chi connectivity index (χ2v) is 4.71. The first kappa shape index (κ1) is 10.4. The standard InChI is InChI=1S/C12H15N5/c1-8-11(6-12(8)13)9-3-2-4-10(5-9)17-7-14-15-16-17/h2-5,7-8,11-12H,6,13H2,1H3. The summed E-state index contributed by atoms with van der Waals surface area (Å²) in [5.74, 6) is 1.13. The van der Waals surface area contributed by atoms with Gasteiger partial charge in [0.15, 0.2) is 0 Å². The van der Waals surface area contributed by atoms with Crippen LogP contribution in [0, 0.1) is 5.92 Å². The molecule has 3 rings (SSSR count). The third-order valence-electron chi connectivity index (χ3n) is 3.75. The smallest absolute Gasteiger partial charge is 0.143 e. The SMILES string of the molecule is CC1C(N)CC1c1cccc(-n2cnnn2)c1. The fourth-order valence-electron chi connectivity index (χ4n) is 2.44. The molecule has 17 heavy (non-hydrogen) atoms. The van der Waals surface area contributed by atoms with Gasteiger partial charge in [-0.05, 0) is 46.4 Å². The number of hydrogen-bond donors (Lipinski definition) is 1. The second-order valence-electron chi connectivity index (χ2n) is 4.71. The number of hydrogen-bond acceptors (Lipinski definition) is 4. The summed E-state index contributed by atoms with van der Waals surface area (Å²) < 4.78 is 1.67. The monoisotopic (exact) mass is 229 g/mol. The fraction of sp³-hybridized carbons (Fsp3) is 0.417. The van der Waals surface area contributed by atoms with Crippen molar-refractivity contribution < 1.29 is 0 Å². The van der Waals surface area contributed by atoms with Crippen LogP contribution in [-0.2, 0) is 0 Å². The van der Waals surface area contributed by atoms with E-state index in [2.05, 4.69) is 34.6 Å². The summed E-state index contributed by atoms with van der Waals surface area (Å²) in [5.41, 5.74) is 8.27. The van der Waals surface area contributed by atoms with Crippen molar-refractivity contribution in [3.63, 3.8) is 0 Å². The number of benzene rings is 1. The van der Waals surface area contributed by atoms with Gasteiger partial charge < -0.3 is 5.73 Å². The molecule has 0 radical (unpaired) electrons. The Morgan fingerprint density at radius 1 is 1.41 bits per heavy atom. The Balaban J connectivity index is 1.90. The molecule has 1 fully saturated rings. The predicted molar refractivity (Wildman–Crippen MR) is 63.7 cm³/mol. The van der Waals surface area contributed by atoms with E-state index in [1.165, 1.54) is 5.56 Å². The fourth-order valence-corrected chi connectivity index (χ4v) is 2.44. The molecule has 0 amide bonds. The zero-order valence-electron chi connectivity index (χ0n) is 9.69. The van der Waals surface area contributed by atoms with Gasteiger partial charge in [-0.3, -0.25) is 0 Å². The van der Waals surface area contributed by atoms with Crippen LogP contribution in [-0.4, -0.2) is 26.2 Å². The van der Waals surface area contributed by atoms with E-state index in [1.807, 2.05) is 12.1 Å². The molecule has 5 nitrogen and oxygen atoms in total. The summed E-state index contributed by atoms with van der Waals surface area (Å²) in [5, 5.41) is 11.2. The first-order valence-corrected chi connectivity index (χ1v) is 5.84. The first-order chi connectivity index (χ1) is 8.25. The average molecular weight is 229 g/mol. The van der Waals surface area contributed by atoms with E-state index in [1.54, 1.807) is 11.0 Å². The lowest BCUT2D eigenvalue weighted by atomic mass is 9.67. The Bertz CT molecular complexity index is 507. The van der Waals surface area contributed by atoms with Gasteiger partial charge in [-0.25, -0.2) is 4.68 Å². The molecule has 1 aromatic heterocycles. The molecule has 2 N–H and O–H groups in total. The Morgan fingerprint density at radius 3 is 2.94 bits per heavy atom. The van der Waals surface area contributed by atoms with E-state index in [0.29, 0.717) is 17.9 Å². The molecule has 0 bridgehead atoms. The van der Waals surface area contributed by atoms with E-state index in [0.717, 1.165) is 12.1 Å². The van der Waals surface area contributed by atoms with Crippen molar-refractivity contribution in [3.05, 3.63) is 36.2 Å². The summed E-state index contributed by atoms with van der Waals surface area (Å²) in [6.45, 7) is 2.21. The maximum atomic E-state index is 5.94. The van der Waals surface area contributed by atoms with Gasteiger partial charge in [0, 0.05) is 6.04 Å². The van der Waals surface area contributed by atoms with Crippen LogP contribution in [0.1, 0.15) is 24.8 Å². The van der Waals surface area contributed by atoms with Crippen LogP contribution in [0.2, 0.25) is 0 Å². The molecule has 1 aliphatic rings. The van der Waals surface area contributed by atoms with Gasteiger partial charge in [0.25, 0.3) is 0 Å². The third-order valence-corrected chi connectivity index (χ3v) is 3.75. The summed E-state index contributed by atoms with van der Waals surface area (Å²) >= 11 is 0. The number of tetrazole rings is 1. The minimum Gasteiger partial charge on any atom is -0.327 e. The Hall–Kier alpha value is -1.75. The van der Waals surface area contributed by atoms with Gasteiger partial charge in [-0.1, -0.05) is 19.1 Å². The van der Waals surface area contributed by atoms with Crippen LogP contribution in [0.3, 0.4) is 0 Å². The van der Waals surface area contributed by atoms with Gasteiger partial charge in [0.2, 0.25) is 0 Å². The normalized spacial score (nSPS) is 27.8. The van der Waals surface area contributed by atoms with Crippen LogP contribution < -0.4 is 5.73 Å². The number of aromatic nitrogens is 4. The van der Waals surface area contributed by atoms with Crippen molar-refractivity contribution in [3.8, 4) is 5.69 Å². The zero-order chi connectivity index (χ0) is 11.8. The molecule has 3 unspecified atom stereocenters. The third kappa shape index (κ3) is 1.72. The Morgan fingerprint density at radius 2 is 2.29 bits per heavy atom. The van der Waals surface area contributed by atoms with Crippen LogP contribution in [0.4, 0.5) is 0 Å². The van der Waals surface area contributed by atoms with Crippen molar-refractivity contribution in [2.45, 2.75) is 25.3 Å². The van der Waals surface area contributed by atoms with Gasteiger partial charge in [0.1, 0.15) is 6.33 Å². The van der Waals surface area contributed by atoms with Crippen molar-refractivity contribution in [2.75, 3.05) is 0 Å². The van der Waals surface area contributed by atoms with Crippen molar-refractivity contribution in [1.82, 2.24) is 20.2 Å². The maximum absolute atomic E-state index is 5.94. The van der Waals surface area contributed by atoms with Crippen LogP contribution >= 0.6 is 0 Å². The van der Waals surface area contributed by atoms with Crippen molar-refractivity contribution in [2.24, 2.45) is 11.7 Å². The summed E-state index contributed by atoms with van der Waals surface area (Å²) in [6.07, 6.45) is 2.68. The highest BCUT2D eigenvalue weighted by Gasteiger charge is 2.35. The lowest BCUT2D eigenvalue weighted by Crippen LogP contribution is -2.44. The molecule has 5 heteroatoms. The Labute approximate surface area is 99.6 Å². The second kappa shape index (κ2) is 3.92. The van der Waals surface area contributed by atoms with E-state index in [-0.39, 0.29) is 0 Å². The zero-order valence-corrected chi connectivity index (χ0v) is 9.69. The minimum atomic E-state index is 0.344. The van der Waals surface area contributed by atoms with Crippen LogP contribution in [0.15, 0.2) is 30.6 Å². The minimum absolute atomic E-state index is 0.344. The summed E-state index contributed by atoms with van der Waals surface area (Å²) in [4.78, 5) is 0. The molecule has 1 aromatic carbocycles. The van der Waals surface area contributed by atoms with Gasteiger partial charge in [-0.2, -0.15) is 0 Å². The largest absolute Gasteiger partial charge is 0.327 e. The average Bonchev–Trinajstić information content (AvgIpc) is 2.89. The number of rotatable bonds is 2. The topological polar surface area (TPSA) is 69.6 Å². The highest BCUT2D eigenvalue weighted by atomic mass is 15.5. The molecule has 0 saturated heterocycles. The molecule has 0 aliphatic heterocycles. The van der Waals surface area contributed by atoms with Gasteiger partial charge in [-0.15, -0.1) is 5.10 Å². The molecule has 2 aromatic rings. The van der Waals surface area contributed by atoms with Crippen molar-refractivity contribution in [1.29, 1.82) is 0 Å². The van der Waals surface area contributed by atoms with E-state index in [4.69, 9.17) is 5.73 Å². The van der Waals surface area contributed by atoms with Crippen LogP contribution in [0.5, 0.6) is 0 Å². The molecular weight excluding hydrogens is 214 g/mol. The molecular formula is C12H15N5. The number of nitrogens with two attached hydrogens (primary N) is 1. The summed E-state index contributed by atoms with van der Waals surface area (Å²) in [6, 6.07) is 8.69.